The van der Waals surface area contributed by atoms with Crippen LogP contribution in [-0.2, 0) is 4.74 Å². The molecular formula is C16H22N2O5. The molecule has 7 nitrogen and oxygen atoms in total. The zero-order valence-corrected chi connectivity index (χ0v) is 13.0. The van der Waals surface area contributed by atoms with E-state index in [2.05, 4.69) is 10.6 Å². The number of hydrogen-bond donors (Lipinski definition) is 3. The van der Waals surface area contributed by atoms with Gasteiger partial charge in [-0.2, -0.15) is 0 Å². The fraction of sp³-hybridized carbons (Fsp3) is 0.562. The van der Waals surface area contributed by atoms with Gasteiger partial charge in [-0.15, -0.1) is 0 Å². The number of carbonyl (C=O) groups is 1. The van der Waals surface area contributed by atoms with Crippen molar-refractivity contribution in [3.8, 4) is 11.5 Å². The third-order valence-electron chi connectivity index (χ3n) is 4.22. The summed E-state index contributed by atoms with van der Waals surface area (Å²) >= 11 is 0. The molecule has 3 rings (SSSR count). The van der Waals surface area contributed by atoms with Crippen LogP contribution in [0.5, 0.6) is 11.5 Å². The summed E-state index contributed by atoms with van der Waals surface area (Å²) in [6, 6.07) is 4.97. The first-order chi connectivity index (χ1) is 11.2. The van der Waals surface area contributed by atoms with Gasteiger partial charge in [-0.05, 0) is 25.0 Å². The monoisotopic (exact) mass is 322 g/mol. The van der Waals surface area contributed by atoms with Gasteiger partial charge in [0.25, 0.3) is 0 Å². The highest BCUT2D eigenvalue weighted by Crippen LogP contribution is 2.34. The summed E-state index contributed by atoms with van der Waals surface area (Å²) < 4.78 is 16.3. The maximum absolute atomic E-state index is 12.1. The maximum Gasteiger partial charge on any atom is 0.319 e. The number of aliphatic hydroxyl groups is 1. The zero-order chi connectivity index (χ0) is 16.1. The number of anilines is 1. The summed E-state index contributed by atoms with van der Waals surface area (Å²) in [7, 11) is 0. The smallest absolute Gasteiger partial charge is 0.319 e. The minimum absolute atomic E-state index is 0.00879. The van der Waals surface area contributed by atoms with Crippen molar-refractivity contribution < 1.29 is 24.1 Å². The van der Waals surface area contributed by atoms with Crippen LogP contribution < -0.4 is 20.1 Å². The lowest BCUT2D eigenvalue weighted by molar-refractivity contribution is -0.0503. The molecule has 126 valence electrons. The number of ether oxygens (including phenoxy) is 3. The van der Waals surface area contributed by atoms with E-state index >= 15 is 0 Å². The van der Waals surface area contributed by atoms with E-state index < -0.39 is 0 Å². The summed E-state index contributed by atoms with van der Waals surface area (Å²) in [5.41, 5.74) is 0.290. The summed E-state index contributed by atoms with van der Waals surface area (Å²) in [6.45, 7) is 0.926. The number of aliphatic hydroxyl groups excluding tert-OH is 1. The minimum Gasteiger partial charge on any atom is -0.454 e. The largest absolute Gasteiger partial charge is 0.454 e. The molecule has 0 bridgehead atoms. The van der Waals surface area contributed by atoms with Gasteiger partial charge >= 0.3 is 6.03 Å². The molecule has 1 fully saturated rings. The maximum atomic E-state index is 12.1. The van der Waals surface area contributed by atoms with Gasteiger partial charge in [0.2, 0.25) is 6.79 Å². The molecule has 2 aliphatic rings. The Hall–Kier alpha value is -1.99. The van der Waals surface area contributed by atoms with Crippen molar-refractivity contribution in [1.29, 1.82) is 0 Å². The Morgan fingerprint density at radius 1 is 1.26 bits per heavy atom. The number of carbonyl (C=O) groups excluding carboxylic acids is 1. The first-order valence-corrected chi connectivity index (χ1v) is 7.90. The molecule has 2 amide bonds. The van der Waals surface area contributed by atoms with E-state index in [-0.39, 0.29) is 25.0 Å². The van der Waals surface area contributed by atoms with E-state index in [0.29, 0.717) is 30.3 Å². The van der Waals surface area contributed by atoms with Crippen LogP contribution in [0.15, 0.2) is 18.2 Å². The van der Waals surface area contributed by atoms with Crippen LogP contribution >= 0.6 is 0 Å². The van der Waals surface area contributed by atoms with Gasteiger partial charge in [-0.1, -0.05) is 12.8 Å². The molecule has 1 aliphatic carbocycles. The quantitative estimate of drug-likeness (QED) is 0.744. The van der Waals surface area contributed by atoms with Crippen LogP contribution in [0.4, 0.5) is 10.5 Å². The fourth-order valence-electron chi connectivity index (χ4n) is 3.04. The molecular weight excluding hydrogens is 300 g/mol. The Morgan fingerprint density at radius 2 is 2.04 bits per heavy atom. The van der Waals surface area contributed by atoms with Crippen LogP contribution in [0.1, 0.15) is 25.7 Å². The lowest BCUT2D eigenvalue weighted by atomic mass is 10.0. The van der Waals surface area contributed by atoms with E-state index in [1.54, 1.807) is 18.2 Å². The zero-order valence-electron chi connectivity index (χ0n) is 13.0. The highest BCUT2D eigenvalue weighted by atomic mass is 16.7. The fourth-order valence-corrected chi connectivity index (χ4v) is 3.04. The van der Waals surface area contributed by atoms with Gasteiger partial charge in [0, 0.05) is 18.3 Å². The number of nitrogens with one attached hydrogen (secondary N) is 2. The first-order valence-electron chi connectivity index (χ1n) is 7.90. The van der Waals surface area contributed by atoms with Gasteiger partial charge in [-0.3, -0.25) is 0 Å². The van der Waals surface area contributed by atoms with E-state index in [1.807, 2.05) is 0 Å². The number of hydrogen-bond acceptors (Lipinski definition) is 5. The molecule has 1 aromatic carbocycles. The van der Waals surface area contributed by atoms with Crippen LogP contribution in [-0.4, -0.2) is 43.3 Å². The Labute approximate surface area is 134 Å². The molecule has 1 heterocycles. The number of benzene rings is 1. The summed E-state index contributed by atoms with van der Waals surface area (Å²) in [5.74, 6) is 1.31. The van der Waals surface area contributed by atoms with Crippen LogP contribution in [0.25, 0.3) is 0 Å². The van der Waals surface area contributed by atoms with Crippen molar-refractivity contribution in [2.75, 3.05) is 31.9 Å². The molecule has 0 saturated heterocycles. The standard InChI is InChI=1S/C16H22N2O5/c19-7-8-23-16(5-1-2-6-16)10-17-15(20)18-12-3-4-13-14(9-12)22-11-21-13/h3-4,9,19H,1-2,5-8,10-11H2,(H2,17,18,20). The first kappa shape index (κ1) is 15.9. The van der Waals surface area contributed by atoms with Gasteiger partial charge < -0.3 is 30.0 Å². The summed E-state index contributed by atoms with van der Waals surface area (Å²) in [4.78, 5) is 12.1. The van der Waals surface area contributed by atoms with Crippen molar-refractivity contribution in [2.24, 2.45) is 0 Å². The van der Waals surface area contributed by atoms with Crippen molar-refractivity contribution in [2.45, 2.75) is 31.3 Å². The van der Waals surface area contributed by atoms with Crippen LogP contribution in [0.2, 0.25) is 0 Å². The highest BCUT2D eigenvalue weighted by molar-refractivity contribution is 5.89. The van der Waals surface area contributed by atoms with E-state index in [9.17, 15) is 4.79 Å². The summed E-state index contributed by atoms with van der Waals surface area (Å²) in [5, 5.41) is 14.6. The second-order valence-electron chi connectivity index (χ2n) is 5.84. The van der Waals surface area contributed by atoms with Crippen molar-refractivity contribution in [3.63, 3.8) is 0 Å². The van der Waals surface area contributed by atoms with E-state index in [4.69, 9.17) is 19.3 Å². The second kappa shape index (κ2) is 7.06. The number of amides is 2. The predicted molar refractivity (Wildman–Crippen MR) is 83.8 cm³/mol. The summed E-state index contributed by atoms with van der Waals surface area (Å²) in [6.07, 6.45) is 3.96. The Morgan fingerprint density at radius 3 is 2.83 bits per heavy atom. The molecule has 1 aliphatic heterocycles. The third-order valence-corrected chi connectivity index (χ3v) is 4.22. The van der Waals surface area contributed by atoms with E-state index in [1.165, 1.54) is 0 Å². The SMILES string of the molecule is O=C(NCC1(OCCO)CCCC1)Nc1ccc2c(c1)OCO2. The van der Waals surface area contributed by atoms with Gasteiger partial charge in [-0.25, -0.2) is 4.79 Å². The Bertz CT molecular complexity index is 557. The van der Waals surface area contributed by atoms with Crippen molar-refractivity contribution in [3.05, 3.63) is 18.2 Å². The molecule has 0 spiro atoms. The average molecular weight is 322 g/mol. The van der Waals surface area contributed by atoms with Crippen LogP contribution in [0.3, 0.4) is 0 Å². The van der Waals surface area contributed by atoms with Gasteiger partial charge in [0.1, 0.15) is 0 Å². The molecule has 1 saturated carbocycles. The average Bonchev–Trinajstić information content (AvgIpc) is 3.20. The third kappa shape index (κ3) is 3.86. The van der Waals surface area contributed by atoms with Crippen molar-refractivity contribution in [1.82, 2.24) is 5.32 Å². The molecule has 0 radical (unpaired) electrons. The Balaban J connectivity index is 1.52. The molecule has 0 atom stereocenters. The number of urea groups is 1. The second-order valence-corrected chi connectivity index (χ2v) is 5.84. The molecule has 23 heavy (non-hydrogen) atoms. The van der Waals surface area contributed by atoms with Gasteiger partial charge in [0.15, 0.2) is 11.5 Å². The predicted octanol–water partition coefficient (Wildman–Crippen LogP) is 1.86. The van der Waals surface area contributed by atoms with Crippen molar-refractivity contribution >= 4 is 11.7 Å². The molecule has 7 heteroatoms. The molecule has 0 unspecified atom stereocenters. The number of fused-ring (bicyclic) bond motifs is 1. The normalized spacial score (nSPS) is 18.0. The lowest BCUT2D eigenvalue weighted by Crippen LogP contribution is -2.45. The lowest BCUT2D eigenvalue weighted by Gasteiger charge is -2.29. The topological polar surface area (TPSA) is 89.1 Å². The molecule has 3 N–H and O–H groups in total. The highest BCUT2D eigenvalue weighted by Gasteiger charge is 2.35. The molecule has 1 aromatic rings. The molecule has 0 aromatic heterocycles. The van der Waals surface area contributed by atoms with Gasteiger partial charge in [0.05, 0.1) is 18.8 Å². The van der Waals surface area contributed by atoms with Crippen LogP contribution in [0, 0.1) is 0 Å². The van der Waals surface area contributed by atoms with E-state index in [0.717, 1.165) is 25.7 Å². The Kier molecular flexibility index (Phi) is 4.88. The minimum atomic E-state index is -0.352. The number of rotatable bonds is 6.